The highest BCUT2D eigenvalue weighted by Gasteiger charge is 2.45. The van der Waals surface area contributed by atoms with Crippen LogP contribution in [0.3, 0.4) is 0 Å². The summed E-state index contributed by atoms with van der Waals surface area (Å²) in [6, 6.07) is 6.74. The summed E-state index contributed by atoms with van der Waals surface area (Å²) in [5, 5.41) is -0.356. The van der Waals surface area contributed by atoms with Crippen molar-refractivity contribution >= 4 is 9.84 Å². The number of nitrogens with two attached hydrogens (primary N) is 1. The number of benzene rings is 1. The van der Waals surface area contributed by atoms with Crippen molar-refractivity contribution in [1.29, 1.82) is 0 Å². The second-order valence-electron chi connectivity index (χ2n) is 3.80. The quantitative estimate of drug-likeness (QED) is 0.789. The van der Waals surface area contributed by atoms with Gasteiger partial charge in [0.1, 0.15) is 0 Å². The Morgan fingerprint density at radius 3 is 2.21 bits per heavy atom. The molecule has 0 unspecified atom stereocenters. The SMILES string of the molecule is Cc1ccc(S(=O)(=O)[C@H]2C[C@H]2N)cc1. The zero-order valence-corrected chi connectivity index (χ0v) is 8.79. The molecule has 0 radical (unpaired) electrons. The Morgan fingerprint density at radius 1 is 1.29 bits per heavy atom. The lowest BCUT2D eigenvalue weighted by Crippen LogP contribution is -2.15. The second kappa shape index (κ2) is 3.07. The minimum Gasteiger partial charge on any atom is -0.326 e. The van der Waals surface area contributed by atoms with Gasteiger partial charge >= 0.3 is 0 Å². The lowest BCUT2D eigenvalue weighted by atomic mass is 10.2. The van der Waals surface area contributed by atoms with Crippen LogP contribution in [0, 0.1) is 6.92 Å². The number of sulfone groups is 1. The van der Waals surface area contributed by atoms with Crippen molar-refractivity contribution in [1.82, 2.24) is 0 Å². The largest absolute Gasteiger partial charge is 0.326 e. The molecule has 2 rings (SSSR count). The number of hydrogen-bond donors (Lipinski definition) is 1. The van der Waals surface area contributed by atoms with Gasteiger partial charge in [-0.05, 0) is 25.5 Å². The molecule has 1 aliphatic rings. The standard InChI is InChI=1S/C10H13NO2S/c1-7-2-4-8(5-3-7)14(12,13)10-6-9(10)11/h2-5,9-10H,6,11H2,1H3/t9-,10+/m1/s1. The van der Waals surface area contributed by atoms with Crippen molar-refractivity contribution in [2.45, 2.75) is 29.5 Å². The van der Waals surface area contributed by atoms with Crippen LogP contribution in [-0.2, 0) is 9.84 Å². The van der Waals surface area contributed by atoms with Gasteiger partial charge in [-0.15, -0.1) is 0 Å². The topological polar surface area (TPSA) is 60.2 Å². The summed E-state index contributed by atoms with van der Waals surface area (Å²) in [5.41, 5.74) is 6.60. The maximum absolute atomic E-state index is 11.8. The average molecular weight is 211 g/mol. The Balaban J connectivity index is 2.35. The molecule has 3 nitrogen and oxygen atoms in total. The van der Waals surface area contributed by atoms with Crippen LogP contribution in [-0.4, -0.2) is 19.7 Å². The summed E-state index contributed by atoms with van der Waals surface area (Å²) in [5.74, 6) is 0. The van der Waals surface area contributed by atoms with E-state index in [1.54, 1.807) is 24.3 Å². The summed E-state index contributed by atoms with van der Waals surface area (Å²) in [6.45, 7) is 1.93. The zero-order chi connectivity index (χ0) is 10.3. The molecule has 2 atom stereocenters. The molecule has 0 spiro atoms. The summed E-state index contributed by atoms with van der Waals surface area (Å²) in [7, 11) is -3.16. The highest BCUT2D eigenvalue weighted by molar-refractivity contribution is 7.92. The fourth-order valence-corrected chi connectivity index (χ4v) is 3.25. The smallest absolute Gasteiger partial charge is 0.182 e. The molecule has 0 saturated heterocycles. The van der Waals surface area contributed by atoms with E-state index in [0.717, 1.165) is 5.56 Å². The lowest BCUT2D eigenvalue weighted by Gasteiger charge is -2.02. The molecule has 1 aromatic carbocycles. The molecule has 0 aromatic heterocycles. The highest BCUT2D eigenvalue weighted by atomic mass is 32.2. The third kappa shape index (κ3) is 1.55. The number of hydrogen-bond acceptors (Lipinski definition) is 3. The predicted molar refractivity (Wildman–Crippen MR) is 54.7 cm³/mol. The maximum Gasteiger partial charge on any atom is 0.182 e. The Hall–Kier alpha value is -0.870. The van der Waals surface area contributed by atoms with E-state index in [2.05, 4.69) is 0 Å². The summed E-state index contributed by atoms with van der Waals surface area (Å²) < 4.78 is 23.7. The van der Waals surface area contributed by atoms with Gasteiger partial charge in [-0.2, -0.15) is 0 Å². The van der Waals surface area contributed by atoms with Gasteiger partial charge in [-0.25, -0.2) is 8.42 Å². The van der Waals surface area contributed by atoms with Crippen LogP contribution < -0.4 is 5.73 Å². The molecule has 4 heteroatoms. The van der Waals surface area contributed by atoms with Crippen LogP contribution in [0.25, 0.3) is 0 Å². The third-order valence-electron chi connectivity index (χ3n) is 2.53. The molecular formula is C10H13NO2S. The zero-order valence-electron chi connectivity index (χ0n) is 7.97. The summed E-state index contributed by atoms with van der Waals surface area (Å²) in [4.78, 5) is 0.390. The Kier molecular flexibility index (Phi) is 2.12. The third-order valence-corrected chi connectivity index (χ3v) is 4.80. The summed E-state index contributed by atoms with van der Waals surface area (Å²) in [6.07, 6.45) is 0.593. The fraction of sp³-hybridized carbons (Fsp3) is 0.400. The van der Waals surface area contributed by atoms with Gasteiger partial charge in [-0.3, -0.25) is 0 Å². The monoisotopic (exact) mass is 211 g/mol. The van der Waals surface area contributed by atoms with Crippen LogP contribution in [0.15, 0.2) is 29.2 Å². The summed E-state index contributed by atoms with van der Waals surface area (Å²) >= 11 is 0. The van der Waals surface area contributed by atoms with Crippen LogP contribution in [0.5, 0.6) is 0 Å². The first-order chi connectivity index (χ1) is 6.51. The first-order valence-corrected chi connectivity index (χ1v) is 6.12. The van der Waals surface area contributed by atoms with Gasteiger partial charge in [-0.1, -0.05) is 17.7 Å². The van der Waals surface area contributed by atoms with Crippen LogP contribution in [0.2, 0.25) is 0 Å². The van der Waals surface area contributed by atoms with E-state index >= 15 is 0 Å². The normalized spacial score (nSPS) is 26.1. The second-order valence-corrected chi connectivity index (χ2v) is 5.96. The minimum atomic E-state index is -3.16. The molecule has 0 amide bonds. The fourth-order valence-electron chi connectivity index (χ4n) is 1.45. The molecule has 1 aromatic rings. The van der Waals surface area contributed by atoms with E-state index in [0.29, 0.717) is 11.3 Å². The molecule has 1 saturated carbocycles. The minimum absolute atomic E-state index is 0.165. The van der Waals surface area contributed by atoms with Crippen molar-refractivity contribution in [2.75, 3.05) is 0 Å². The molecular weight excluding hydrogens is 198 g/mol. The first kappa shape index (κ1) is 9.68. The molecule has 0 heterocycles. The van der Waals surface area contributed by atoms with Gasteiger partial charge in [0, 0.05) is 6.04 Å². The Morgan fingerprint density at radius 2 is 1.79 bits per heavy atom. The number of aryl methyl sites for hydroxylation is 1. The van der Waals surface area contributed by atoms with Crippen molar-refractivity contribution in [3.63, 3.8) is 0 Å². The lowest BCUT2D eigenvalue weighted by molar-refractivity contribution is 0.594. The highest BCUT2D eigenvalue weighted by Crippen LogP contribution is 2.32. The van der Waals surface area contributed by atoms with Gasteiger partial charge < -0.3 is 5.73 Å². The van der Waals surface area contributed by atoms with Crippen molar-refractivity contribution in [3.05, 3.63) is 29.8 Å². The molecule has 2 N–H and O–H groups in total. The predicted octanol–water partition coefficient (Wildman–Crippen LogP) is 0.868. The van der Waals surface area contributed by atoms with E-state index in [1.165, 1.54) is 0 Å². The van der Waals surface area contributed by atoms with E-state index < -0.39 is 9.84 Å². The van der Waals surface area contributed by atoms with E-state index in [9.17, 15) is 8.42 Å². The average Bonchev–Trinajstić information content (AvgIpc) is 2.84. The van der Waals surface area contributed by atoms with Crippen LogP contribution >= 0.6 is 0 Å². The molecule has 76 valence electrons. The van der Waals surface area contributed by atoms with E-state index in [4.69, 9.17) is 5.73 Å². The maximum atomic E-state index is 11.8. The number of rotatable bonds is 2. The molecule has 0 aliphatic heterocycles. The van der Waals surface area contributed by atoms with Crippen molar-refractivity contribution in [3.8, 4) is 0 Å². The van der Waals surface area contributed by atoms with Gasteiger partial charge in [0.05, 0.1) is 10.1 Å². The van der Waals surface area contributed by atoms with Gasteiger partial charge in [0.2, 0.25) is 0 Å². The molecule has 0 bridgehead atoms. The van der Waals surface area contributed by atoms with Crippen molar-refractivity contribution in [2.24, 2.45) is 5.73 Å². The Bertz CT molecular complexity index is 436. The molecule has 1 aliphatic carbocycles. The Labute approximate surface area is 83.9 Å². The van der Waals surface area contributed by atoms with E-state index in [1.807, 2.05) is 6.92 Å². The van der Waals surface area contributed by atoms with Gasteiger partial charge in [0.15, 0.2) is 9.84 Å². The molecule has 14 heavy (non-hydrogen) atoms. The van der Waals surface area contributed by atoms with E-state index in [-0.39, 0.29) is 11.3 Å². The van der Waals surface area contributed by atoms with Crippen LogP contribution in [0.4, 0.5) is 0 Å². The first-order valence-electron chi connectivity index (χ1n) is 4.58. The van der Waals surface area contributed by atoms with Crippen LogP contribution in [0.1, 0.15) is 12.0 Å². The van der Waals surface area contributed by atoms with Gasteiger partial charge in [0.25, 0.3) is 0 Å². The van der Waals surface area contributed by atoms with Crippen molar-refractivity contribution < 1.29 is 8.42 Å². The molecule has 1 fully saturated rings.